The molecule has 0 aliphatic heterocycles. The summed E-state index contributed by atoms with van der Waals surface area (Å²) in [7, 11) is -2.73. The molecule has 24 heavy (non-hydrogen) atoms. The Morgan fingerprint density at radius 2 is 1.04 bits per heavy atom. The molecule has 0 aromatic heterocycles. The van der Waals surface area contributed by atoms with Crippen molar-refractivity contribution in [3.8, 4) is 0 Å². The smallest absolute Gasteiger partial charge is 0.292 e. The van der Waals surface area contributed by atoms with E-state index < -0.39 is 15.6 Å². The molecule has 0 fully saturated rings. The van der Waals surface area contributed by atoms with Gasteiger partial charge in [0.25, 0.3) is 10.1 Å². The Labute approximate surface area is 150 Å². The van der Waals surface area contributed by atoms with E-state index in [1.54, 1.807) is 0 Å². The molecule has 0 aliphatic carbocycles. The van der Waals surface area contributed by atoms with Gasteiger partial charge in [-0.3, -0.25) is 4.55 Å². The van der Waals surface area contributed by atoms with E-state index in [-0.39, 0.29) is 0 Å². The first-order valence-electron chi connectivity index (χ1n) is 10.0. The average Bonchev–Trinajstić information content (AvgIpc) is 2.53. The Bertz CT molecular complexity index is 354. The Balaban J connectivity index is 3.23. The van der Waals surface area contributed by atoms with Gasteiger partial charge in [-0.25, -0.2) is 0 Å². The molecule has 1 N–H and O–H groups in total. The number of methoxy groups -OCH3 is 1. The zero-order valence-electron chi connectivity index (χ0n) is 16.0. The lowest BCUT2D eigenvalue weighted by Crippen LogP contribution is -2.22. The van der Waals surface area contributed by atoms with Gasteiger partial charge in [0, 0.05) is 7.11 Å². The van der Waals surface area contributed by atoms with E-state index in [1.165, 1.54) is 84.2 Å². The van der Waals surface area contributed by atoms with Crippen LogP contribution in [0.3, 0.4) is 0 Å². The fourth-order valence-corrected chi connectivity index (χ4v) is 3.78. The Morgan fingerprint density at radius 3 is 1.33 bits per heavy atom. The summed E-state index contributed by atoms with van der Waals surface area (Å²) in [6, 6.07) is 0. The van der Waals surface area contributed by atoms with Crippen LogP contribution < -0.4 is 0 Å². The van der Waals surface area contributed by atoms with Crippen LogP contribution >= 0.6 is 0 Å². The molecule has 4 nitrogen and oxygen atoms in total. The maximum atomic E-state index is 11.0. The van der Waals surface area contributed by atoms with Crippen LogP contribution in [-0.2, 0) is 14.9 Å². The summed E-state index contributed by atoms with van der Waals surface area (Å²) >= 11 is 0. The topological polar surface area (TPSA) is 63.6 Å². The van der Waals surface area contributed by atoms with Crippen LogP contribution in [0.2, 0.25) is 0 Å². The molecule has 1 atom stereocenters. The third kappa shape index (κ3) is 15.4. The molecule has 0 radical (unpaired) electrons. The predicted molar refractivity (Wildman–Crippen MR) is 102 cm³/mol. The lowest BCUT2D eigenvalue weighted by Gasteiger charge is -2.11. The molecular formula is C19H40O4S. The van der Waals surface area contributed by atoms with Gasteiger partial charge in [0.2, 0.25) is 0 Å². The molecule has 146 valence electrons. The third-order valence-corrected chi connectivity index (χ3v) is 5.73. The van der Waals surface area contributed by atoms with Crippen LogP contribution in [0, 0.1) is 0 Å². The van der Waals surface area contributed by atoms with Gasteiger partial charge in [0.15, 0.2) is 5.44 Å². The fourth-order valence-electron chi connectivity index (χ4n) is 3.07. The van der Waals surface area contributed by atoms with Gasteiger partial charge in [-0.05, 0) is 12.8 Å². The number of unbranched alkanes of at least 4 members (excludes halogenated alkanes) is 14. The Hall–Kier alpha value is -0.130. The van der Waals surface area contributed by atoms with Crippen LogP contribution in [-0.4, -0.2) is 25.5 Å². The summed E-state index contributed by atoms with van der Waals surface area (Å²) in [6.45, 7) is 2.26. The summed E-state index contributed by atoms with van der Waals surface area (Å²) in [5.41, 5.74) is -1.06. The minimum atomic E-state index is -4.06. The summed E-state index contributed by atoms with van der Waals surface area (Å²) in [5.74, 6) is 0. The van der Waals surface area contributed by atoms with Gasteiger partial charge < -0.3 is 4.74 Å². The first-order chi connectivity index (χ1) is 11.5. The van der Waals surface area contributed by atoms with E-state index in [1.807, 2.05) is 0 Å². The lowest BCUT2D eigenvalue weighted by atomic mass is 10.0. The SMILES string of the molecule is CCCCCCCCCCCCCCCCCC(OC)S(=O)(=O)O. The first-order valence-corrected chi connectivity index (χ1v) is 11.5. The van der Waals surface area contributed by atoms with Gasteiger partial charge in [0.1, 0.15) is 0 Å². The standard InChI is InChI=1S/C19H40O4S/c1-3-4-5-6-7-8-9-10-11-12-13-14-15-16-17-18-19(23-2)24(20,21)22/h19H,3-18H2,1-2H3,(H,20,21,22). The van der Waals surface area contributed by atoms with E-state index in [0.29, 0.717) is 6.42 Å². The summed E-state index contributed by atoms with van der Waals surface area (Å²) in [5, 5.41) is 0. The summed E-state index contributed by atoms with van der Waals surface area (Å²) in [4.78, 5) is 0. The minimum Gasteiger partial charge on any atom is -0.363 e. The normalized spacial score (nSPS) is 13.3. The van der Waals surface area contributed by atoms with E-state index in [4.69, 9.17) is 9.29 Å². The highest BCUT2D eigenvalue weighted by molar-refractivity contribution is 7.86. The lowest BCUT2D eigenvalue weighted by molar-refractivity contribution is 0.145. The maximum Gasteiger partial charge on any atom is 0.292 e. The molecule has 0 amide bonds. The highest BCUT2D eigenvalue weighted by Gasteiger charge is 2.21. The van der Waals surface area contributed by atoms with Crippen molar-refractivity contribution < 1.29 is 17.7 Å². The Kier molecular flexibility index (Phi) is 16.3. The van der Waals surface area contributed by atoms with Crippen molar-refractivity contribution in [3.63, 3.8) is 0 Å². The van der Waals surface area contributed by atoms with Crippen molar-refractivity contribution in [3.05, 3.63) is 0 Å². The van der Waals surface area contributed by atoms with Crippen LogP contribution in [0.1, 0.15) is 110 Å². The van der Waals surface area contributed by atoms with Crippen molar-refractivity contribution in [2.24, 2.45) is 0 Å². The van der Waals surface area contributed by atoms with E-state index >= 15 is 0 Å². The number of rotatable bonds is 18. The predicted octanol–water partition coefficient (Wildman–Crippen LogP) is 6.11. The molecule has 0 aromatic carbocycles. The second-order valence-electron chi connectivity index (χ2n) is 6.92. The van der Waals surface area contributed by atoms with Gasteiger partial charge in [-0.2, -0.15) is 8.42 Å². The average molecular weight is 365 g/mol. The van der Waals surface area contributed by atoms with Crippen LogP contribution in [0.15, 0.2) is 0 Å². The zero-order valence-corrected chi connectivity index (χ0v) is 16.8. The highest BCUT2D eigenvalue weighted by atomic mass is 32.2. The van der Waals surface area contributed by atoms with Gasteiger partial charge in [-0.1, -0.05) is 96.8 Å². The summed E-state index contributed by atoms with van der Waals surface area (Å²) in [6.07, 6.45) is 19.6. The second-order valence-corrected chi connectivity index (χ2v) is 8.47. The molecule has 0 saturated heterocycles. The van der Waals surface area contributed by atoms with E-state index in [9.17, 15) is 8.42 Å². The molecule has 0 aromatic rings. The molecule has 0 heterocycles. The number of hydrogen-bond donors (Lipinski definition) is 1. The van der Waals surface area contributed by atoms with Gasteiger partial charge >= 0.3 is 0 Å². The van der Waals surface area contributed by atoms with E-state index in [0.717, 1.165) is 19.3 Å². The molecule has 0 spiro atoms. The molecule has 5 heteroatoms. The molecular weight excluding hydrogens is 324 g/mol. The highest BCUT2D eigenvalue weighted by Crippen LogP contribution is 2.15. The van der Waals surface area contributed by atoms with Gasteiger partial charge in [0.05, 0.1) is 0 Å². The monoisotopic (exact) mass is 364 g/mol. The van der Waals surface area contributed by atoms with Gasteiger partial charge in [-0.15, -0.1) is 0 Å². The zero-order chi connectivity index (χ0) is 18.1. The molecule has 0 aliphatic rings. The molecule has 0 saturated carbocycles. The van der Waals surface area contributed by atoms with Crippen molar-refractivity contribution in [1.29, 1.82) is 0 Å². The summed E-state index contributed by atoms with van der Waals surface area (Å²) < 4.78 is 35.7. The van der Waals surface area contributed by atoms with Crippen LogP contribution in [0.4, 0.5) is 0 Å². The van der Waals surface area contributed by atoms with Crippen molar-refractivity contribution in [2.75, 3.05) is 7.11 Å². The molecule has 0 rings (SSSR count). The van der Waals surface area contributed by atoms with Crippen LogP contribution in [0.25, 0.3) is 0 Å². The molecule has 1 unspecified atom stereocenters. The maximum absolute atomic E-state index is 11.0. The number of hydrogen-bond acceptors (Lipinski definition) is 3. The Morgan fingerprint density at radius 1 is 0.708 bits per heavy atom. The first kappa shape index (κ1) is 23.9. The van der Waals surface area contributed by atoms with Crippen molar-refractivity contribution in [1.82, 2.24) is 0 Å². The van der Waals surface area contributed by atoms with E-state index in [2.05, 4.69) is 6.92 Å². The third-order valence-electron chi connectivity index (χ3n) is 4.64. The quantitative estimate of drug-likeness (QED) is 0.235. The van der Waals surface area contributed by atoms with Crippen molar-refractivity contribution in [2.45, 2.75) is 115 Å². The number of ether oxygens (including phenoxy) is 1. The minimum absolute atomic E-state index is 0.383. The fraction of sp³-hybridized carbons (Fsp3) is 1.00. The van der Waals surface area contributed by atoms with Crippen molar-refractivity contribution >= 4 is 10.1 Å². The largest absolute Gasteiger partial charge is 0.363 e. The van der Waals surface area contributed by atoms with Crippen LogP contribution in [0.5, 0.6) is 0 Å². The second kappa shape index (κ2) is 16.3. The molecule has 0 bridgehead atoms.